The quantitative estimate of drug-likeness (QED) is 0.733. The number of rotatable bonds is 2. The molecule has 1 aliphatic rings. The van der Waals surface area contributed by atoms with Crippen LogP contribution in [0.15, 0.2) is 24.4 Å². The Labute approximate surface area is 76.5 Å². The Hall–Kier alpha value is -1.58. The van der Waals surface area contributed by atoms with Crippen LogP contribution in [-0.2, 0) is 4.79 Å². The number of aromatic nitrogens is 1. The Morgan fingerprint density at radius 1 is 1.46 bits per heavy atom. The van der Waals surface area contributed by atoms with Gasteiger partial charge in [0.15, 0.2) is 0 Å². The Bertz CT molecular complexity index is 299. The number of hydrogen-bond acceptors (Lipinski definition) is 3. The Morgan fingerprint density at radius 2 is 2.38 bits per heavy atom. The van der Waals surface area contributed by atoms with Crippen LogP contribution in [0.4, 0.5) is 5.82 Å². The summed E-state index contributed by atoms with van der Waals surface area (Å²) < 4.78 is 0. The predicted octanol–water partition coefficient (Wildman–Crippen LogP) is 1.03. The minimum Gasteiger partial charge on any atom is -0.279 e. The number of nitrogens with one attached hydrogen (secondary N) is 1. The first-order valence-corrected chi connectivity index (χ1v) is 4.34. The van der Waals surface area contributed by atoms with E-state index >= 15 is 0 Å². The van der Waals surface area contributed by atoms with Gasteiger partial charge in [0.2, 0.25) is 5.91 Å². The van der Waals surface area contributed by atoms with Crippen molar-refractivity contribution in [3.8, 4) is 0 Å². The van der Waals surface area contributed by atoms with Crippen molar-refractivity contribution < 1.29 is 4.79 Å². The molecule has 0 saturated carbocycles. The lowest BCUT2D eigenvalue weighted by Gasteiger charge is -2.16. The normalized spacial score (nSPS) is 16.3. The first kappa shape index (κ1) is 8.04. The maximum absolute atomic E-state index is 11.2. The first-order valence-electron chi connectivity index (χ1n) is 4.34. The molecule has 0 aromatic carbocycles. The molecule has 0 bridgehead atoms. The molecule has 1 aromatic heterocycles. The molecule has 2 heterocycles. The van der Waals surface area contributed by atoms with Crippen molar-refractivity contribution in [2.75, 3.05) is 12.0 Å². The van der Waals surface area contributed by atoms with Crippen LogP contribution in [0.1, 0.15) is 12.8 Å². The summed E-state index contributed by atoms with van der Waals surface area (Å²) in [4.78, 5) is 15.3. The minimum absolute atomic E-state index is 0.144. The molecule has 68 valence electrons. The van der Waals surface area contributed by atoms with Gasteiger partial charge < -0.3 is 0 Å². The van der Waals surface area contributed by atoms with Gasteiger partial charge in [-0.2, -0.15) is 0 Å². The Balaban J connectivity index is 2.02. The zero-order valence-corrected chi connectivity index (χ0v) is 7.23. The third kappa shape index (κ3) is 1.77. The molecule has 0 aliphatic carbocycles. The van der Waals surface area contributed by atoms with Crippen LogP contribution < -0.4 is 5.43 Å². The van der Waals surface area contributed by atoms with Gasteiger partial charge in [-0.15, -0.1) is 0 Å². The molecule has 1 N–H and O–H groups in total. The van der Waals surface area contributed by atoms with E-state index in [1.165, 1.54) is 0 Å². The highest BCUT2D eigenvalue weighted by Crippen LogP contribution is 2.11. The SMILES string of the molecule is O=C1CCCN1Nc1ccccn1. The van der Waals surface area contributed by atoms with Crippen LogP contribution in [-0.4, -0.2) is 22.4 Å². The number of anilines is 1. The molecular formula is C9H11N3O. The fourth-order valence-electron chi connectivity index (χ4n) is 1.33. The maximum atomic E-state index is 11.2. The first-order chi connectivity index (χ1) is 6.36. The highest BCUT2D eigenvalue weighted by Gasteiger charge is 2.19. The van der Waals surface area contributed by atoms with Gasteiger partial charge in [0.1, 0.15) is 5.82 Å². The number of carbonyl (C=O) groups is 1. The fourth-order valence-corrected chi connectivity index (χ4v) is 1.33. The monoisotopic (exact) mass is 177 g/mol. The molecule has 4 heteroatoms. The Kier molecular flexibility index (Phi) is 2.12. The lowest BCUT2D eigenvalue weighted by Crippen LogP contribution is -2.31. The summed E-state index contributed by atoms with van der Waals surface area (Å²) >= 11 is 0. The van der Waals surface area contributed by atoms with E-state index in [1.807, 2.05) is 18.2 Å². The van der Waals surface area contributed by atoms with Gasteiger partial charge in [0.05, 0.1) is 0 Å². The molecule has 0 radical (unpaired) electrons. The molecular weight excluding hydrogens is 166 g/mol. The van der Waals surface area contributed by atoms with Crippen LogP contribution in [0.5, 0.6) is 0 Å². The summed E-state index contributed by atoms with van der Waals surface area (Å²) in [6.45, 7) is 0.773. The summed E-state index contributed by atoms with van der Waals surface area (Å²) in [6, 6.07) is 5.57. The second-order valence-electron chi connectivity index (χ2n) is 2.98. The lowest BCUT2D eigenvalue weighted by molar-refractivity contribution is -0.126. The van der Waals surface area contributed by atoms with Gasteiger partial charge >= 0.3 is 0 Å². The van der Waals surface area contributed by atoms with Gasteiger partial charge in [-0.05, 0) is 18.6 Å². The summed E-state index contributed by atoms with van der Waals surface area (Å²) in [5.41, 5.74) is 2.96. The molecule has 4 nitrogen and oxygen atoms in total. The van der Waals surface area contributed by atoms with Crippen LogP contribution in [0.2, 0.25) is 0 Å². The molecule has 0 spiro atoms. The highest BCUT2D eigenvalue weighted by molar-refractivity contribution is 5.79. The summed E-state index contributed by atoms with van der Waals surface area (Å²) in [7, 11) is 0. The highest BCUT2D eigenvalue weighted by atomic mass is 16.2. The number of pyridine rings is 1. The number of nitrogens with zero attached hydrogens (tertiary/aromatic N) is 2. The van der Waals surface area contributed by atoms with Crippen LogP contribution >= 0.6 is 0 Å². The van der Waals surface area contributed by atoms with E-state index in [2.05, 4.69) is 10.4 Å². The van der Waals surface area contributed by atoms with Gasteiger partial charge in [-0.1, -0.05) is 6.07 Å². The van der Waals surface area contributed by atoms with E-state index in [0.717, 1.165) is 18.8 Å². The largest absolute Gasteiger partial charge is 0.279 e. The summed E-state index contributed by atoms with van der Waals surface area (Å²) in [5.74, 6) is 0.864. The molecule has 1 saturated heterocycles. The van der Waals surface area contributed by atoms with Gasteiger partial charge in [0.25, 0.3) is 0 Å². The van der Waals surface area contributed by atoms with E-state index in [-0.39, 0.29) is 5.91 Å². The fraction of sp³-hybridized carbons (Fsp3) is 0.333. The van der Waals surface area contributed by atoms with Crippen molar-refractivity contribution in [1.29, 1.82) is 0 Å². The molecule has 0 atom stereocenters. The zero-order valence-electron chi connectivity index (χ0n) is 7.23. The maximum Gasteiger partial charge on any atom is 0.241 e. The smallest absolute Gasteiger partial charge is 0.241 e. The molecule has 1 aromatic rings. The average molecular weight is 177 g/mol. The van der Waals surface area contributed by atoms with Crippen molar-refractivity contribution >= 4 is 11.7 Å². The third-order valence-corrected chi connectivity index (χ3v) is 1.99. The number of carbonyl (C=O) groups excluding carboxylic acids is 1. The molecule has 0 unspecified atom stereocenters. The van der Waals surface area contributed by atoms with Gasteiger partial charge in [-0.3, -0.25) is 15.2 Å². The van der Waals surface area contributed by atoms with E-state index in [9.17, 15) is 4.79 Å². The van der Waals surface area contributed by atoms with E-state index in [4.69, 9.17) is 0 Å². The van der Waals surface area contributed by atoms with Gasteiger partial charge in [-0.25, -0.2) is 4.98 Å². The zero-order chi connectivity index (χ0) is 9.10. The summed E-state index contributed by atoms with van der Waals surface area (Å²) in [6.07, 6.45) is 3.27. The molecule has 1 aliphatic heterocycles. The van der Waals surface area contributed by atoms with E-state index in [1.54, 1.807) is 11.2 Å². The second kappa shape index (κ2) is 3.43. The van der Waals surface area contributed by atoms with E-state index < -0.39 is 0 Å². The number of amides is 1. The average Bonchev–Trinajstić information content (AvgIpc) is 2.54. The van der Waals surface area contributed by atoms with Crippen molar-refractivity contribution in [2.24, 2.45) is 0 Å². The van der Waals surface area contributed by atoms with Crippen molar-refractivity contribution in [3.05, 3.63) is 24.4 Å². The molecule has 1 fully saturated rings. The predicted molar refractivity (Wildman–Crippen MR) is 48.8 cm³/mol. The van der Waals surface area contributed by atoms with Crippen molar-refractivity contribution in [3.63, 3.8) is 0 Å². The Morgan fingerprint density at radius 3 is 3.00 bits per heavy atom. The number of hydrogen-bond donors (Lipinski definition) is 1. The molecule has 1 amide bonds. The van der Waals surface area contributed by atoms with Crippen molar-refractivity contribution in [1.82, 2.24) is 9.99 Å². The molecule has 2 rings (SSSR count). The molecule has 13 heavy (non-hydrogen) atoms. The summed E-state index contributed by atoms with van der Waals surface area (Å²) in [5, 5.41) is 1.61. The van der Waals surface area contributed by atoms with Crippen molar-refractivity contribution in [2.45, 2.75) is 12.8 Å². The lowest BCUT2D eigenvalue weighted by atomic mass is 10.4. The van der Waals surface area contributed by atoms with Crippen LogP contribution in [0, 0.1) is 0 Å². The number of hydrazine groups is 1. The second-order valence-corrected chi connectivity index (χ2v) is 2.98. The van der Waals surface area contributed by atoms with Crippen LogP contribution in [0.3, 0.4) is 0 Å². The topological polar surface area (TPSA) is 45.2 Å². The van der Waals surface area contributed by atoms with Gasteiger partial charge in [0, 0.05) is 19.2 Å². The third-order valence-electron chi connectivity index (χ3n) is 1.99. The minimum atomic E-state index is 0.144. The van der Waals surface area contributed by atoms with Crippen LogP contribution in [0.25, 0.3) is 0 Å². The van der Waals surface area contributed by atoms with E-state index in [0.29, 0.717) is 6.42 Å². The standard InChI is InChI=1S/C9H11N3O/c13-9-5-3-7-12(9)11-8-4-1-2-6-10-8/h1-2,4,6H,3,5,7H2,(H,10,11).